The maximum absolute atomic E-state index is 9.12. The van der Waals surface area contributed by atoms with Gasteiger partial charge in [-0.15, -0.1) is 0 Å². The fraction of sp³-hybridized carbons (Fsp3) is 1.00. The third kappa shape index (κ3) is 0.918. The van der Waals surface area contributed by atoms with Gasteiger partial charge in [-0.1, -0.05) is 6.92 Å². The average molecular weight is 180 g/mol. The largest absolute Gasteiger partial charge is 0.396 e. The van der Waals surface area contributed by atoms with Crippen LogP contribution in [0.3, 0.4) is 0 Å². The Hall–Kier alpha value is -0.0400. The molecule has 74 valence electrons. The van der Waals surface area contributed by atoms with Crippen LogP contribution in [0, 0.1) is 29.1 Å². The first-order chi connectivity index (χ1) is 6.25. The summed E-state index contributed by atoms with van der Waals surface area (Å²) in [6, 6.07) is 0. The molecular weight excluding hydrogens is 160 g/mol. The molecule has 0 aromatic carbocycles. The summed E-state index contributed by atoms with van der Waals surface area (Å²) in [7, 11) is 0. The second-order valence-corrected chi connectivity index (χ2v) is 5.87. The van der Waals surface area contributed by atoms with E-state index in [2.05, 4.69) is 6.92 Å². The van der Waals surface area contributed by atoms with E-state index in [9.17, 15) is 0 Å². The fourth-order valence-corrected chi connectivity index (χ4v) is 4.93. The van der Waals surface area contributed by atoms with Gasteiger partial charge in [0.15, 0.2) is 0 Å². The Bertz CT molecular complexity index is 221. The van der Waals surface area contributed by atoms with Crippen molar-refractivity contribution < 1.29 is 5.11 Å². The van der Waals surface area contributed by atoms with Gasteiger partial charge in [-0.3, -0.25) is 0 Å². The molecule has 0 radical (unpaired) electrons. The van der Waals surface area contributed by atoms with Crippen molar-refractivity contribution in [2.45, 2.75) is 39.0 Å². The summed E-state index contributed by atoms with van der Waals surface area (Å²) in [5.41, 5.74) is 0.611. The van der Waals surface area contributed by atoms with Crippen molar-refractivity contribution in [1.29, 1.82) is 0 Å². The second-order valence-electron chi connectivity index (χ2n) is 5.87. The SMILES string of the molecule is CC1CC2CC3CC(CCO)(C1)C23. The summed E-state index contributed by atoms with van der Waals surface area (Å²) in [6.07, 6.45) is 6.94. The van der Waals surface area contributed by atoms with E-state index in [1.54, 1.807) is 0 Å². The quantitative estimate of drug-likeness (QED) is 0.692. The lowest BCUT2D eigenvalue weighted by atomic mass is 9.35. The van der Waals surface area contributed by atoms with Gasteiger partial charge in [0.1, 0.15) is 0 Å². The first-order valence-electron chi connectivity index (χ1n) is 5.86. The zero-order valence-corrected chi connectivity index (χ0v) is 8.50. The molecule has 0 spiro atoms. The van der Waals surface area contributed by atoms with Crippen LogP contribution in [-0.4, -0.2) is 11.7 Å². The first kappa shape index (κ1) is 8.28. The summed E-state index contributed by atoms with van der Waals surface area (Å²) in [5.74, 6) is 4.09. The van der Waals surface area contributed by atoms with E-state index in [1.807, 2.05) is 0 Å². The molecule has 3 rings (SSSR count). The lowest BCUT2D eigenvalue weighted by molar-refractivity contribution is -0.213. The predicted octanol–water partition coefficient (Wildman–Crippen LogP) is 2.44. The van der Waals surface area contributed by atoms with E-state index in [0.29, 0.717) is 12.0 Å². The number of rotatable bonds is 2. The smallest absolute Gasteiger partial charge is 0.0436 e. The Morgan fingerprint density at radius 3 is 2.77 bits per heavy atom. The van der Waals surface area contributed by atoms with Crippen molar-refractivity contribution in [2.75, 3.05) is 6.61 Å². The van der Waals surface area contributed by atoms with Crippen molar-refractivity contribution in [3.63, 3.8) is 0 Å². The van der Waals surface area contributed by atoms with Crippen molar-refractivity contribution in [3.8, 4) is 0 Å². The molecule has 5 atom stereocenters. The first-order valence-corrected chi connectivity index (χ1v) is 5.86. The maximum Gasteiger partial charge on any atom is 0.0436 e. The van der Waals surface area contributed by atoms with Gasteiger partial charge in [0.25, 0.3) is 0 Å². The summed E-state index contributed by atoms with van der Waals surface area (Å²) in [4.78, 5) is 0. The van der Waals surface area contributed by atoms with Gasteiger partial charge in [-0.2, -0.15) is 0 Å². The Morgan fingerprint density at radius 1 is 1.23 bits per heavy atom. The second kappa shape index (κ2) is 2.50. The van der Waals surface area contributed by atoms with Gasteiger partial charge in [0.2, 0.25) is 0 Å². The predicted molar refractivity (Wildman–Crippen MR) is 52.2 cm³/mol. The zero-order valence-electron chi connectivity index (χ0n) is 8.50. The minimum absolute atomic E-state index is 0.419. The standard InChI is InChI=1S/C12H20O/c1-8-4-9-5-10-7-12(6-8,2-3-13)11(9)10/h8-11,13H,2-7H2,1H3. The van der Waals surface area contributed by atoms with Crippen LogP contribution in [-0.2, 0) is 0 Å². The Kier molecular flexibility index (Phi) is 1.59. The van der Waals surface area contributed by atoms with Crippen molar-refractivity contribution in [3.05, 3.63) is 0 Å². The normalized spacial score (nSPS) is 57.7. The monoisotopic (exact) mass is 180 g/mol. The van der Waals surface area contributed by atoms with Crippen LogP contribution < -0.4 is 0 Å². The third-order valence-corrected chi connectivity index (χ3v) is 5.07. The zero-order chi connectivity index (χ0) is 9.05. The highest BCUT2D eigenvalue weighted by atomic mass is 16.3. The van der Waals surface area contributed by atoms with Crippen molar-refractivity contribution in [2.24, 2.45) is 29.1 Å². The minimum atomic E-state index is 0.419. The molecule has 0 aromatic heterocycles. The molecule has 0 aromatic rings. The van der Waals surface area contributed by atoms with Gasteiger partial charge in [0, 0.05) is 6.61 Å². The number of hydrogen-bond acceptors (Lipinski definition) is 1. The molecule has 0 aliphatic heterocycles. The van der Waals surface area contributed by atoms with Crippen molar-refractivity contribution >= 4 is 0 Å². The molecular formula is C12H20O. The van der Waals surface area contributed by atoms with Gasteiger partial charge >= 0.3 is 0 Å². The molecule has 13 heavy (non-hydrogen) atoms. The van der Waals surface area contributed by atoms with E-state index in [0.717, 1.165) is 30.1 Å². The van der Waals surface area contributed by atoms with E-state index in [1.165, 1.54) is 25.7 Å². The average Bonchev–Trinajstić information content (AvgIpc) is 1.97. The van der Waals surface area contributed by atoms with E-state index in [4.69, 9.17) is 5.11 Å². The van der Waals surface area contributed by atoms with Gasteiger partial charge in [0.05, 0.1) is 0 Å². The van der Waals surface area contributed by atoms with Crippen LogP contribution in [0.25, 0.3) is 0 Å². The van der Waals surface area contributed by atoms with Gasteiger partial charge in [-0.05, 0) is 61.2 Å². The molecule has 3 saturated carbocycles. The Labute approximate surface area is 80.5 Å². The summed E-state index contributed by atoms with van der Waals surface area (Å²) >= 11 is 0. The number of hydrogen-bond donors (Lipinski definition) is 1. The van der Waals surface area contributed by atoms with E-state index in [-0.39, 0.29) is 0 Å². The maximum atomic E-state index is 9.12. The van der Waals surface area contributed by atoms with Crippen LogP contribution in [0.5, 0.6) is 0 Å². The Balaban J connectivity index is 1.80. The molecule has 5 unspecified atom stereocenters. The summed E-state index contributed by atoms with van der Waals surface area (Å²) in [6.45, 7) is 2.82. The van der Waals surface area contributed by atoms with E-state index < -0.39 is 0 Å². The molecule has 3 fully saturated rings. The van der Waals surface area contributed by atoms with Gasteiger partial charge < -0.3 is 5.11 Å². The molecule has 3 aliphatic carbocycles. The van der Waals surface area contributed by atoms with Crippen LogP contribution in [0.4, 0.5) is 0 Å². The van der Waals surface area contributed by atoms with Crippen LogP contribution >= 0.6 is 0 Å². The molecule has 0 heterocycles. The molecule has 0 bridgehead atoms. The molecule has 3 aliphatic rings. The van der Waals surface area contributed by atoms with Crippen molar-refractivity contribution in [1.82, 2.24) is 0 Å². The number of aliphatic hydroxyl groups is 1. The lowest BCUT2D eigenvalue weighted by Crippen LogP contribution is -2.62. The molecule has 1 nitrogen and oxygen atoms in total. The summed E-state index contributed by atoms with van der Waals surface area (Å²) < 4.78 is 0. The lowest BCUT2D eigenvalue weighted by Gasteiger charge is -2.70. The third-order valence-electron chi connectivity index (χ3n) is 5.07. The Morgan fingerprint density at radius 2 is 2.08 bits per heavy atom. The van der Waals surface area contributed by atoms with Crippen LogP contribution in [0.1, 0.15) is 39.0 Å². The summed E-state index contributed by atoms with van der Waals surface area (Å²) in [5, 5.41) is 9.12. The topological polar surface area (TPSA) is 20.2 Å². The highest BCUT2D eigenvalue weighted by Gasteiger charge is 2.64. The highest BCUT2D eigenvalue weighted by Crippen LogP contribution is 2.72. The van der Waals surface area contributed by atoms with Gasteiger partial charge in [-0.25, -0.2) is 0 Å². The van der Waals surface area contributed by atoms with Crippen LogP contribution in [0.15, 0.2) is 0 Å². The molecule has 0 amide bonds. The highest BCUT2D eigenvalue weighted by molar-refractivity contribution is 5.13. The molecule has 1 heteroatoms. The fourth-order valence-electron chi connectivity index (χ4n) is 4.93. The van der Waals surface area contributed by atoms with E-state index >= 15 is 0 Å². The number of aliphatic hydroxyl groups excluding tert-OH is 1. The van der Waals surface area contributed by atoms with Crippen LogP contribution in [0.2, 0.25) is 0 Å². The molecule has 1 N–H and O–H groups in total. The minimum Gasteiger partial charge on any atom is -0.396 e. The molecule has 0 saturated heterocycles.